The normalized spacial score (nSPS) is 14.8. The zero-order chi connectivity index (χ0) is 15.8. The quantitative estimate of drug-likeness (QED) is 0.659. The molecule has 0 radical (unpaired) electrons. The van der Waals surface area contributed by atoms with Crippen LogP contribution in [0.3, 0.4) is 0 Å². The average Bonchev–Trinajstić information content (AvgIpc) is 3.01. The number of halogens is 1. The fourth-order valence-electron chi connectivity index (χ4n) is 2.81. The molecule has 0 unspecified atom stereocenters. The summed E-state index contributed by atoms with van der Waals surface area (Å²) >= 11 is 0. The molecule has 1 aromatic rings. The highest BCUT2D eigenvalue weighted by Gasteiger charge is 2.16. The monoisotopic (exact) mass is 343 g/mol. The molecular formula is C16H26ClN3O3. The van der Waals surface area contributed by atoms with Gasteiger partial charge in [-0.05, 0) is 24.8 Å². The van der Waals surface area contributed by atoms with E-state index in [0.717, 1.165) is 12.8 Å². The molecule has 1 heterocycles. The largest absolute Gasteiger partial charge is 0.467 e. The van der Waals surface area contributed by atoms with Crippen LogP contribution in [-0.2, 0) is 11.3 Å². The Hall–Kier alpha value is -1.53. The van der Waals surface area contributed by atoms with Crippen LogP contribution in [0.5, 0.6) is 0 Å². The van der Waals surface area contributed by atoms with Crippen molar-refractivity contribution in [1.82, 2.24) is 10.6 Å². The summed E-state index contributed by atoms with van der Waals surface area (Å²) in [5.74, 6) is 0.967. The zero-order valence-corrected chi connectivity index (χ0v) is 14.1. The lowest BCUT2D eigenvalue weighted by Crippen LogP contribution is -2.35. The van der Waals surface area contributed by atoms with E-state index in [4.69, 9.17) is 10.2 Å². The van der Waals surface area contributed by atoms with E-state index in [2.05, 4.69) is 10.6 Å². The number of furan rings is 1. The van der Waals surface area contributed by atoms with Crippen LogP contribution in [0, 0.1) is 5.92 Å². The lowest BCUT2D eigenvalue weighted by molar-refractivity contribution is -0.122. The molecule has 0 spiro atoms. The Labute approximate surface area is 143 Å². The fourth-order valence-corrected chi connectivity index (χ4v) is 2.81. The van der Waals surface area contributed by atoms with E-state index in [1.165, 1.54) is 25.5 Å². The maximum absolute atomic E-state index is 11.8. The lowest BCUT2D eigenvalue weighted by Gasteiger charge is -2.20. The molecule has 1 aliphatic rings. The Morgan fingerprint density at radius 2 is 1.87 bits per heavy atom. The van der Waals surface area contributed by atoms with Crippen molar-refractivity contribution >= 4 is 24.2 Å². The molecule has 1 fully saturated rings. The van der Waals surface area contributed by atoms with Crippen molar-refractivity contribution in [2.24, 2.45) is 11.7 Å². The number of carbonyl (C=O) groups is 2. The number of nitrogens with one attached hydrogen (secondary N) is 2. The molecule has 2 rings (SSSR count). The van der Waals surface area contributed by atoms with Gasteiger partial charge in [0.1, 0.15) is 12.0 Å². The minimum absolute atomic E-state index is 0. The van der Waals surface area contributed by atoms with Crippen molar-refractivity contribution in [2.75, 3.05) is 13.1 Å². The summed E-state index contributed by atoms with van der Waals surface area (Å²) in [6.45, 7) is 1.11. The Kier molecular flexibility index (Phi) is 8.73. The molecular weight excluding hydrogens is 318 g/mol. The molecule has 0 aromatic carbocycles. The second-order valence-electron chi connectivity index (χ2n) is 5.82. The average molecular weight is 344 g/mol. The molecule has 1 aromatic heterocycles. The molecule has 1 saturated carbocycles. The van der Waals surface area contributed by atoms with Crippen molar-refractivity contribution in [3.63, 3.8) is 0 Å². The second-order valence-corrected chi connectivity index (χ2v) is 5.82. The van der Waals surface area contributed by atoms with E-state index in [0.29, 0.717) is 36.8 Å². The summed E-state index contributed by atoms with van der Waals surface area (Å²) in [6, 6.07) is 1.62. The van der Waals surface area contributed by atoms with Gasteiger partial charge in [-0.1, -0.05) is 19.3 Å². The molecule has 1 aliphatic carbocycles. The standard InChI is InChI=1S/C16H25N3O3.ClH/c17-10-14-9-13(11-22-14)16(21)19-7-6-18-15(20)8-12-4-2-1-3-5-12;/h9,11-12H,1-8,10,17H2,(H,18,20)(H,19,21);1H. The van der Waals surface area contributed by atoms with Crippen molar-refractivity contribution in [1.29, 1.82) is 0 Å². The maximum Gasteiger partial charge on any atom is 0.254 e. The number of nitrogens with two attached hydrogens (primary N) is 1. The Bertz CT molecular complexity index is 499. The van der Waals surface area contributed by atoms with E-state index >= 15 is 0 Å². The van der Waals surface area contributed by atoms with E-state index in [1.54, 1.807) is 6.07 Å². The van der Waals surface area contributed by atoms with Gasteiger partial charge >= 0.3 is 0 Å². The fraction of sp³-hybridized carbons (Fsp3) is 0.625. The summed E-state index contributed by atoms with van der Waals surface area (Å²) in [7, 11) is 0. The molecule has 23 heavy (non-hydrogen) atoms. The first-order valence-corrected chi connectivity index (χ1v) is 8.01. The summed E-state index contributed by atoms with van der Waals surface area (Å²) in [4.78, 5) is 23.6. The highest BCUT2D eigenvalue weighted by molar-refractivity contribution is 5.94. The third-order valence-electron chi connectivity index (χ3n) is 4.05. The van der Waals surface area contributed by atoms with Crippen molar-refractivity contribution in [2.45, 2.75) is 45.1 Å². The van der Waals surface area contributed by atoms with Gasteiger partial charge in [-0.3, -0.25) is 9.59 Å². The smallest absolute Gasteiger partial charge is 0.254 e. The third-order valence-corrected chi connectivity index (χ3v) is 4.05. The highest BCUT2D eigenvalue weighted by atomic mass is 35.5. The summed E-state index contributed by atoms with van der Waals surface area (Å²) in [5, 5.41) is 5.60. The lowest BCUT2D eigenvalue weighted by atomic mass is 9.87. The minimum atomic E-state index is -0.218. The molecule has 0 bridgehead atoms. The van der Waals surface area contributed by atoms with Crippen LogP contribution in [0.15, 0.2) is 16.7 Å². The van der Waals surface area contributed by atoms with Gasteiger partial charge in [0.2, 0.25) is 5.91 Å². The molecule has 0 aliphatic heterocycles. The molecule has 4 N–H and O–H groups in total. The van der Waals surface area contributed by atoms with Gasteiger partial charge in [-0.2, -0.15) is 0 Å². The van der Waals surface area contributed by atoms with E-state index in [-0.39, 0.29) is 30.8 Å². The van der Waals surface area contributed by atoms with Gasteiger partial charge in [-0.15, -0.1) is 12.4 Å². The Balaban J connectivity index is 0.00000264. The number of hydrogen-bond donors (Lipinski definition) is 3. The van der Waals surface area contributed by atoms with Crippen molar-refractivity contribution in [3.8, 4) is 0 Å². The van der Waals surface area contributed by atoms with Gasteiger partial charge < -0.3 is 20.8 Å². The highest BCUT2D eigenvalue weighted by Crippen LogP contribution is 2.25. The van der Waals surface area contributed by atoms with Crippen molar-refractivity contribution < 1.29 is 14.0 Å². The first-order valence-electron chi connectivity index (χ1n) is 8.01. The minimum Gasteiger partial charge on any atom is -0.467 e. The van der Waals surface area contributed by atoms with Crippen LogP contribution in [0.2, 0.25) is 0 Å². The van der Waals surface area contributed by atoms with Crippen LogP contribution in [0.25, 0.3) is 0 Å². The van der Waals surface area contributed by atoms with Gasteiger partial charge in [0.15, 0.2) is 0 Å². The van der Waals surface area contributed by atoms with Crippen LogP contribution in [0.4, 0.5) is 0 Å². The zero-order valence-electron chi connectivity index (χ0n) is 13.3. The van der Waals surface area contributed by atoms with Crippen LogP contribution in [-0.4, -0.2) is 24.9 Å². The molecule has 0 saturated heterocycles. The third kappa shape index (κ3) is 6.62. The predicted octanol–water partition coefficient (Wildman–Crippen LogP) is 1.98. The van der Waals surface area contributed by atoms with E-state index in [1.807, 2.05) is 0 Å². The second kappa shape index (κ2) is 10.3. The Morgan fingerprint density at radius 1 is 1.17 bits per heavy atom. The molecule has 6 nitrogen and oxygen atoms in total. The van der Waals surface area contributed by atoms with Gasteiger partial charge in [0.05, 0.1) is 12.1 Å². The van der Waals surface area contributed by atoms with Gasteiger partial charge in [-0.25, -0.2) is 0 Å². The predicted molar refractivity (Wildman–Crippen MR) is 90.4 cm³/mol. The van der Waals surface area contributed by atoms with Gasteiger partial charge in [0, 0.05) is 19.5 Å². The van der Waals surface area contributed by atoms with Crippen LogP contribution >= 0.6 is 12.4 Å². The first-order chi connectivity index (χ1) is 10.7. The first kappa shape index (κ1) is 19.5. The van der Waals surface area contributed by atoms with Gasteiger partial charge in [0.25, 0.3) is 5.91 Å². The SMILES string of the molecule is Cl.NCc1cc(C(=O)NCCNC(=O)CC2CCCCC2)co1. The van der Waals surface area contributed by atoms with E-state index in [9.17, 15) is 9.59 Å². The maximum atomic E-state index is 11.8. The molecule has 0 atom stereocenters. The summed E-state index contributed by atoms with van der Waals surface area (Å²) in [5.41, 5.74) is 5.87. The molecule has 130 valence electrons. The van der Waals surface area contributed by atoms with Crippen LogP contribution in [0.1, 0.15) is 54.6 Å². The summed E-state index contributed by atoms with van der Waals surface area (Å²) < 4.78 is 5.11. The number of carbonyl (C=O) groups excluding carboxylic acids is 2. The number of amides is 2. The van der Waals surface area contributed by atoms with Crippen molar-refractivity contribution in [3.05, 3.63) is 23.7 Å². The number of hydrogen-bond acceptors (Lipinski definition) is 4. The van der Waals surface area contributed by atoms with Crippen LogP contribution < -0.4 is 16.4 Å². The topological polar surface area (TPSA) is 97.4 Å². The summed E-state index contributed by atoms with van der Waals surface area (Å²) in [6.07, 6.45) is 8.09. The molecule has 2 amide bonds. The Morgan fingerprint density at radius 3 is 2.52 bits per heavy atom. The number of rotatable bonds is 7. The molecule has 7 heteroatoms. The van der Waals surface area contributed by atoms with E-state index < -0.39 is 0 Å².